The molecule has 5 nitrogen and oxygen atoms in total. The second-order valence-corrected chi connectivity index (χ2v) is 5.47. The van der Waals surface area contributed by atoms with E-state index in [-0.39, 0.29) is 18.6 Å². The van der Waals surface area contributed by atoms with Crippen LogP contribution in [0.1, 0.15) is 35.1 Å². The van der Waals surface area contributed by atoms with Gasteiger partial charge in [0.25, 0.3) is 0 Å². The summed E-state index contributed by atoms with van der Waals surface area (Å²) in [6.45, 7) is 0. The van der Waals surface area contributed by atoms with Crippen molar-refractivity contribution in [3.05, 3.63) is 46.3 Å². The third kappa shape index (κ3) is 3.90. The highest BCUT2D eigenvalue weighted by Crippen LogP contribution is 2.29. The summed E-state index contributed by atoms with van der Waals surface area (Å²) in [5.41, 5.74) is 0.519. The molecule has 0 saturated carbocycles. The maximum Gasteiger partial charge on any atom is 0.169 e. The summed E-state index contributed by atoms with van der Waals surface area (Å²) in [6, 6.07) is 8.38. The number of hydrogen-bond donors (Lipinski definition) is 1. The Morgan fingerprint density at radius 1 is 1.23 bits per heavy atom. The van der Waals surface area contributed by atoms with Gasteiger partial charge in [0.05, 0.1) is 14.2 Å². The van der Waals surface area contributed by atoms with Crippen molar-refractivity contribution < 1.29 is 23.8 Å². The van der Waals surface area contributed by atoms with E-state index in [4.69, 9.17) is 13.9 Å². The lowest BCUT2D eigenvalue weighted by molar-refractivity contribution is 0.0919. The van der Waals surface area contributed by atoms with Crippen molar-refractivity contribution in [2.24, 2.45) is 0 Å². The van der Waals surface area contributed by atoms with Crippen molar-refractivity contribution in [3.8, 4) is 11.5 Å². The third-order valence-electron chi connectivity index (χ3n) is 3.27. The first-order valence-electron chi connectivity index (χ1n) is 6.73. The van der Waals surface area contributed by atoms with Gasteiger partial charge in [-0.05, 0) is 52.7 Å². The number of benzene rings is 1. The van der Waals surface area contributed by atoms with E-state index in [9.17, 15) is 9.90 Å². The summed E-state index contributed by atoms with van der Waals surface area (Å²) in [5, 5.41) is 10.0. The molecule has 0 fully saturated rings. The number of furan rings is 1. The minimum Gasteiger partial charge on any atom is -0.493 e. The van der Waals surface area contributed by atoms with Crippen LogP contribution in [0.15, 0.2) is 39.4 Å². The number of aliphatic hydroxyl groups is 1. The van der Waals surface area contributed by atoms with E-state index < -0.39 is 6.10 Å². The molecular formula is C16H17BrO5. The Kier molecular flexibility index (Phi) is 5.63. The number of halogens is 1. The Morgan fingerprint density at radius 2 is 1.95 bits per heavy atom. The minimum absolute atomic E-state index is 0.0781. The molecule has 0 radical (unpaired) electrons. The molecule has 1 N–H and O–H groups in total. The van der Waals surface area contributed by atoms with E-state index in [1.54, 1.807) is 30.3 Å². The van der Waals surface area contributed by atoms with Gasteiger partial charge in [0.1, 0.15) is 11.9 Å². The zero-order valence-corrected chi connectivity index (χ0v) is 13.9. The number of methoxy groups -OCH3 is 2. The maximum atomic E-state index is 12.2. The molecule has 118 valence electrons. The number of carbonyl (C=O) groups excluding carboxylic acids is 1. The van der Waals surface area contributed by atoms with Crippen LogP contribution >= 0.6 is 15.9 Å². The Hall–Kier alpha value is -1.79. The van der Waals surface area contributed by atoms with Gasteiger partial charge in [-0.15, -0.1) is 0 Å². The van der Waals surface area contributed by atoms with Crippen LogP contribution in [0, 0.1) is 0 Å². The Balaban J connectivity index is 2.00. The van der Waals surface area contributed by atoms with Crippen LogP contribution in [0.2, 0.25) is 0 Å². The van der Waals surface area contributed by atoms with Gasteiger partial charge in [0, 0.05) is 12.0 Å². The molecule has 1 aromatic carbocycles. The van der Waals surface area contributed by atoms with Gasteiger partial charge in [-0.1, -0.05) is 0 Å². The molecule has 0 aliphatic heterocycles. The smallest absolute Gasteiger partial charge is 0.169 e. The maximum absolute atomic E-state index is 12.2. The van der Waals surface area contributed by atoms with Crippen LogP contribution < -0.4 is 9.47 Å². The first kappa shape index (κ1) is 16.6. The second kappa shape index (κ2) is 7.47. The average Bonchev–Trinajstić information content (AvgIpc) is 2.98. The monoisotopic (exact) mass is 368 g/mol. The average molecular weight is 369 g/mol. The van der Waals surface area contributed by atoms with Gasteiger partial charge in [-0.2, -0.15) is 0 Å². The molecule has 0 amide bonds. The highest BCUT2D eigenvalue weighted by molar-refractivity contribution is 9.10. The van der Waals surface area contributed by atoms with E-state index >= 15 is 0 Å². The first-order valence-corrected chi connectivity index (χ1v) is 7.53. The van der Waals surface area contributed by atoms with E-state index in [0.717, 1.165) is 0 Å². The molecule has 1 aromatic heterocycles. The Labute approximate surface area is 137 Å². The number of ketones is 1. The molecule has 1 unspecified atom stereocenters. The molecule has 0 bridgehead atoms. The molecule has 6 heteroatoms. The number of Topliss-reactive ketones (excluding diaryl/α,β-unsaturated/α-hetero) is 1. The summed E-state index contributed by atoms with van der Waals surface area (Å²) in [6.07, 6.45) is -0.322. The zero-order chi connectivity index (χ0) is 16.1. The van der Waals surface area contributed by atoms with Crippen molar-refractivity contribution in [3.63, 3.8) is 0 Å². The van der Waals surface area contributed by atoms with Crippen LogP contribution in [0.3, 0.4) is 0 Å². The van der Waals surface area contributed by atoms with Gasteiger partial charge < -0.3 is 19.0 Å². The standard InChI is InChI=1S/C16H17BrO5/c1-20-14-6-3-10(9-15(14)21-2)11(18)4-5-12(19)13-7-8-16(17)22-13/h3,6-9,12,19H,4-5H2,1-2H3. The molecule has 0 aliphatic rings. The van der Waals surface area contributed by atoms with Crippen LogP contribution in [-0.4, -0.2) is 25.1 Å². The van der Waals surface area contributed by atoms with Crippen LogP contribution in [-0.2, 0) is 0 Å². The van der Waals surface area contributed by atoms with Crippen LogP contribution in [0.4, 0.5) is 0 Å². The predicted molar refractivity (Wildman–Crippen MR) is 84.5 cm³/mol. The van der Waals surface area contributed by atoms with Crippen LogP contribution in [0.5, 0.6) is 11.5 Å². The Bertz CT molecular complexity index is 650. The number of aliphatic hydroxyl groups excluding tert-OH is 1. The van der Waals surface area contributed by atoms with Crippen molar-refractivity contribution in [2.75, 3.05) is 14.2 Å². The third-order valence-corrected chi connectivity index (χ3v) is 3.70. The van der Waals surface area contributed by atoms with Crippen molar-refractivity contribution in [1.29, 1.82) is 0 Å². The fourth-order valence-electron chi connectivity index (χ4n) is 2.07. The minimum atomic E-state index is -0.810. The normalized spacial score (nSPS) is 12.0. The highest BCUT2D eigenvalue weighted by Gasteiger charge is 2.16. The number of carbonyl (C=O) groups is 1. The summed E-state index contributed by atoms with van der Waals surface area (Å²) < 4.78 is 16.1. The molecule has 0 spiro atoms. The predicted octanol–water partition coefficient (Wildman–Crippen LogP) is 3.76. The van der Waals surface area contributed by atoms with E-state index in [1.165, 1.54) is 14.2 Å². The summed E-state index contributed by atoms with van der Waals surface area (Å²) in [4.78, 5) is 12.2. The van der Waals surface area contributed by atoms with Gasteiger partial charge >= 0.3 is 0 Å². The molecule has 2 aromatic rings. The molecule has 1 heterocycles. The van der Waals surface area contributed by atoms with E-state index in [1.807, 2.05) is 0 Å². The van der Waals surface area contributed by atoms with Gasteiger partial charge in [-0.3, -0.25) is 4.79 Å². The fraction of sp³-hybridized carbons (Fsp3) is 0.312. The molecular weight excluding hydrogens is 352 g/mol. The van der Waals surface area contributed by atoms with Crippen molar-refractivity contribution in [2.45, 2.75) is 18.9 Å². The lowest BCUT2D eigenvalue weighted by atomic mass is 10.0. The number of hydrogen-bond acceptors (Lipinski definition) is 5. The van der Waals surface area contributed by atoms with Gasteiger partial charge in [0.15, 0.2) is 22.0 Å². The quantitative estimate of drug-likeness (QED) is 0.753. The van der Waals surface area contributed by atoms with Crippen molar-refractivity contribution in [1.82, 2.24) is 0 Å². The van der Waals surface area contributed by atoms with Gasteiger partial charge in [0.2, 0.25) is 0 Å². The van der Waals surface area contributed by atoms with Gasteiger partial charge in [-0.25, -0.2) is 0 Å². The first-order chi connectivity index (χ1) is 10.5. The number of ether oxygens (including phenoxy) is 2. The fourth-order valence-corrected chi connectivity index (χ4v) is 2.39. The second-order valence-electron chi connectivity index (χ2n) is 4.69. The van der Waals surface area contributed by atoms with E-state index in [2.05, 4.69) is 15.9 Å². The topological polar surface area (TPSA) is 68.9 Å². The van der Waals surface area contributed by atoms with Crippen molar-refractivity contribution >= 4 is 21.7 Å². The molecule has 1 atom stereocenters. The molecule has 2 rings (SSSR count). The summed E-state index contributed by atoms with van der Waals surface area (Å²) in [7, 11) is 3.06. The largest absolute Gasteiger partial charge is 0.493 e. The highest BCUT2D eigenvalue weighted by atomic mass is 79.9. The number of rotatable bonds is 7. The molecule has 0 saturated heterocycles. The lowest BCUT2D eigenvalue weighted by Gasteiger charge is -2.10. The van der Waals surface area contributed by atoms with E-state index in [0.29, 0.717) is 27.5 Å². The SMILES string of the molecule is COc1ccc(C(=O)CCC(O)c2ccc(Br)o2)cc1OC. The molecule has 0 aliphatic carbocycles. The zero-order valence-electron chi connectivity index (χ0n) is 12.3. The Morgan fingerprint density at radius 3 is 2.55 bits per heavy atom. The molecule has 22 heavy (non-hydrogen) atoms. The lowest BCUT2D eigenvalue weighted by Crippen LogP contribution is -2.04. The summed E-state index contributed by atoms with van der Waals surface area (Å²) in [5.74, 6) is 1.43. The van der Waals surface area contributed by atoms with Crippen LogP contribution in [0.25, 0.3) is 0 Å². The summed E-state index contributed by atoms with van der Waals surface area (Å²) >= 11 is 3.18.